The summed E-state index contributed by atoms with van der Waals surface area (Å²) in [4.78, 5) is 27.7. The Kier molecular flexibility index (Phi) is 3.23. The van der Waals surface area contributed by atoms with Crippen LogP contribution in [0, 0.1) is 6.92 Å². The summed E-state index contributed by atoms with van der Waals surface area (Å²) in [5.41, 5.74) is 4.16. The first kappa shape index (κ1) is 14.3. The van der Waals surface area contributed by atoms with E-state index in [1.807, 2.05) is 31.2 Å². The average Bonchev–Trinajstić information content (AvgIpc) is 2.61. The topological polar surface area (TPSA) is 83.6 Å². The van der Waals surface area contributed by atoms with Crippen molar-refractivity contribution in [3.8, 4) is 11.1 Å². The van der Waals surface area contributed by atoms with Gasteiger partial charge in [0.15, 0.2) is 0 Å². The predicted molar refractivity (Wildman–Crippen MR) is 95.2 cm³/mol. The van der Waals surface area contributed by atoms with Crippen LogP contribution in [0.4, 0.5) is 5.95 Å². The van der Waals surface area contributed by atoms with Crippen molar-refractivity contribution < 1.29 is 0 Å². The largest absolute Gasteiger partial charge is 0.357 e. The van der Waals surface area contributed by atoms with Gasteiger partial charge in [-0.2, -0.15) is 0 Å². The minimum Gasteiger partial charge on any atom is -0.357 e. The van der Waals surface area contributed by atoms with Crippen LogP contribution < -0.4 is 10.9 Å². The average molecular weight is 317 g/mol. The number of nitrogens with zero attached hydrogens (tertiary/aromatic N) is 3. The van der Waals surface area contributed by atoms with Crippen LogP contribution >= 0.6 is 0 Å². The predicted octanol–water partition coefficient (Wildman–Crippen LogP) is 2.88. The monoisotopic (exact) mass is 317 g/mol. The number of aromatic nitrogens is 4. The maximum atomic E-state index is 12.0. The third-order valence-electron chi connectivity index (χ3n) is 4.08. The molecule has 4 aromatic rings. The van der Waals surface area contributed by atoms with E-state index >= 15 is 0 Å². The van der Waals surface area contributed by atoms with Crippen molar-refractivity contribution in [2.24, 2.45) is 0 Å². The highest BCUT2D eigenvalue weighted by Gasteiger charge is 2.11. The number of aryl methyl sites for hydroxylation is 1. The Bertz CT molecular complexity index is 1130. The zero-order valence-electron chi connectivity index (χ0n) is 13.3. The first-order valence-corrected chi connectivity index (χ1v) is 7.59. The van der Waals surface area contributed by atoms with E-state index in [9.17, 15) is 4.79 Å². The summed E-state index contributed by atoms with van der Waals surface area (Å²) >= 11 is 0. The standard InChI is InChI=1S/C18H15N5O/c1-10-8-21-16-13(5-6-20-17(16)24)15(10)11-3-4-14-12(7-11)9-22-18(19-2)23-14/h3-9H,1-2H3,(H,20,24)(H,19,22,23). The number of benzene rings is 1. The van der Waals surface area contributed by atoms with Crippen molar-refractivity contribution in [1.29, 1.82) is 0 Å². The molecule has 0 bridgehead atoms. The molecule has 4 rings (SSSR count). The number of pyridine rings is 2. The van der Waals surface area contributed by atoms with Gasteiger partial charge in [-0.1, -0.05) is 6.07 Å². The molecule has 1 aromatic carbocycles. The van der Waals surface area contributed by atoms with Crippen LogP contribution in [0.15, 0.2) is 47.7 Å². The Morgan fingerprint density at radius 3 is 2.83 bits per heavy atom. The first-order chi connectivity index (χ1) is 11.7. The van der Waals surface area contributed by atoms with Crippen molar-refractivity contribution in [2.75, 3.05) is 12.4 Å². The van der Waals surface area contributed by atoms with Gasteiger partial charge in [0.25, 0.3) is 5.56 Å². The van der Waals surface area contributed by atoms with Crippen molar-refractivity contribution >= 4 is 27.8 Å². The number of rotatable bonds is 2. The number of nitrogens with one attached hydrogen (secondary N) is 2. The van der Waals surface area contributed by atoms with Crippen LogP contribution in [0.2, 0.25) is 0 Å². The second kappa shape index (κ2) is 5.42. The van der Waals surface area contributed by atoms with E-state index in [2.05, 4.69) is 25.3 Å². The van der Waals surface area contributed by atoms with Crippen LogP contribution in [0.3, 0.4) is 0 Å². The van der Waals surface area contributed by atoms with Gasteiger partial charge in [0.2, 0.25) is 5.95 Å². The summed E-state index contributed by atoms with van der Waals surface area (Å²) in [5.74, 6) is 0.590. The lowest BCUT2D eigenvalue weighted by Gasteiger charge is -2.10. The van der Waals surface area contributed by atoms with Crippen LogP contribution in [0.25, 0.3) is 32.9 Å². The summed E-state index contributed by atoms with van der Waals surface area (Å²) in [6.07, 6.45) is 5.18. The quantitative estimate of drug-likeness (QED) is 0.594. The fraction of sp³-hybridized carbons (Fsp3) is 0.111. The molecular weight excluding hydrogens is 302 g/mol. The third-order valence-corrected chi connectivity index (χ3v) is 4.08. The molecule has 0 radical (unpaired) electrons. The first-order valence-electron chi connectivity index (χ1n) is 7.59. The molecule has 0 amide bonds. The highest BCUT2D eigenvalue weighted by Crippen LogP contribution is 2.31. The number of fused-ring (bicyclic) bond motifs is 2. The summed E-state index contributed by atoms with van der Waals surface area (Å²) in [6, 6.07) is 7.90. The minimum absolute atomic E-state index is 0.184. The Morgan fingerprint density at radius 2 is 2.00 bits per heavy atom. The molecule has 3 aromatic heterocycles. The Hall–Kier alpha value is -3.28. The van der Waals surface area contributed by atoms with Gasteiger partial charge < -0.3 is 10.3 Å². The normalized spacial score (nSPS) is 11.1. The zero-order valence-corrected chi connectivity index (χ0v) is 13.3. The molecule has 0 atom stereocenters. The Balaban J connectivity index is 2.00. The Labute approximate surface area is 137 Å². The maximum Gasteiger partial charge on any atom is 0.274 e. The third kappa shape index (κ3) is 2.20. The van der Waals surface area contributed by atoms with Gasteiger partial charge >= 0.3 is 0 Å². The van der Waals surface area contributed by atoms with Gasteiger partial charge in [-0.15, -0.1) is 0 Å². The van der Waals surface area contributed by atoms with E-state index in [0.29, 0.717) is 11.5 Å². The summed E-state index contributed by atoms with van der Waals surface area (Å²) in [7, 11) is 1.79. The SMILES string of the molecule is CNc1ncc2cc(-c3c(C)cnc4c(=O)[nH]ccc34)ccc2n1. The highest BCUT2D eigenvalue weighted by molar-refractivity contribution is 5.97. The summed E-state index contributed by atoms with van der Waals surface area (Å²) < 4.78 is 0. The van der Waals surface area contributed by atoms with Gasteiger partial charge in [0, 0.05) is 36.4 Å². The lowest BCUT2D eigenvalue weighted by molar-refractivity contribution is 1.19. The van der Waals surface area contributed by atoms with Crippen LogP contribution in [-0.2, 0) is 0 Å². The molecule has 0 fully saturated rings. The lowest BCUT2D eigenvalue weighted by Crippen LogP contribution is -2.07. The van der Waals surface area contributed by atoms with E-state index in [-0.39, 0.29) is 5.56 Å². The van der Waals surface area contributed by atoms with E-state index in [0.717, 1.165) is 33.0 Å². The second-order valence-corrected chi connectivity index (χ2v) is 5.60. The van der Waals surface area contributed by atoms with Crippen molar-refractivity contribution in [2.45, 2.75) is 6.92 Å². The van der Waals surface area contributed by atoms with E-state index in [4.69, 9.17) is 0 Å². The van der Waals surface area contributed by atoms with Gasteiger partial charge in [-0.05, 0) is 41.8 Å². The fourth-order valence-electron chi connectivity index (χ4n) is 2.93. The minimum atomic E-state index is -0.184. The van der Waals surface area contributed by atoms with Crippen LogP contribution in [0.1, 0.15) is 5.56 Å². The van der Waals surface area contributed by atoms with Crippen molar-refractivity contribution in [1.82, 2.24) is 19.9 Å². The van der Waals surface area contributed by atoms with Gasteiger partial charge in [-0.25, -0.2) is 9.97 Å². The van der Waals surface area contributed by atoms with Crippen molar-refractivity contribution in [3.05, 3.63) is 58.8 Å². The molecule has 0 aliphatic rings. The molecule has 6 heteroatoms. The summed E-state index contributed by atoms with van der Waals surface area (Å²) in [5, 5.41) is 4.72. The number of anilines is 1. The molecule has 118 valence electrons. The molecule has 2 N–H and O–H groups in total. The van der Waals surface area contributed by atoms with Crippen LogP contribution in [-0.4, -0.2) is 27.0 Å². The molecule has 0 saturated carbocycles. The molecule has 0 spiro atoms. The molecule has 6 nitrogen and oxygen atoms in total. The molecule has 0 saturated heterocycles. The number of hydrogen-bond acceptors (Lipinski definition) is 5. The zero-order chi connectivity index (χ0) is 16.7. The number of hydrogen-bond donors (Lipinski definition) is 2. The number of H-pyrrole nitrogens is 1. The van der Waals surface area contributed by atoms with E-state index < -0.39 is 0 Å². The molecule has 0 unspecified atom stereocenters. The molecule has 3 heterocycles. The number of aromatic amines is 1. The highest BCUT2D eigenvalue weighted by atomic mass is 16.1. The van der Waals surface area contributed by atoms with E-state index in [1.54, 1.807) is 25.6 Å². The molecule has 0 aliphatic heterocycles. The smallest absolute Gasteiger partial charge is 0.274 e. The van der Waals surface area contributed by atoms with Crippen LogP contribution in [0.5, 0.6) is 0 Å². The van der Waals surface area contributed by atoms with Crippen molar-refractivity contribution in [3.63, 3.8) is 0 Å². The molecular formula is C18H15N5O. The Morgan fingerprint density at radius 1 is 1.12 bits per heavy atom. The molecule has 24 heavy (non-hydrogen) atoms. The fourth-order valence-corrected chi connectivity index (χ4v) is 2.93. The van der Waals surface area contributed by atoms with Gasteiger partial charge in [0.1, 0.15) is 5.52 Å². The van der Waals surface area contributed by atoms with Gasteiger partial charge in [0.05, 0.1) is 5.52 Å². The summed E-state index contributed by atoms with van der Waals surface area (Å²) in [6.45, 7) is 1.99. The maximum absolute atomic E-state index is 12.0. The second-order valence-electron chi connectivity index (χ2n) is 5.60. The van der Waals surface area contributed by atoms with Gasteiger partial charge in [-0.3, -0.25) is 9.78 Å². The lowest BCUT2D eigenvalue weighted by atomic mass is 9.97. The molecule has 0 aliphatic carbocycles. The van der Waals surface area contributed by atoms with E-state index in [1.165, 1.54) is 0 Å².